The van der Waals surface area contributed by atoms with E-state index in [0.717, 1.165) is 32.1 Å². The molecule has 0 saturated heterocycles. The Bertz CT molecular complexity index is 669. The number of unbranched alkanes of at least 4 members (excludes halogenated alkanes) is 28. The van der Waals surface area contributed by atoms with Crippen molar-refractivity contribution in [2.24, 2.45) is 0 Å². The standard InChI is InChI=1S/C38H77O7P/c1-3-5-7-9-11-13-15-17-19-20-21-23-25-27-29-31-33-38(39)45-37(36-44-46(40,41)42)35-43-34-32-30-28-26-24-22-18-16-14-12-10-8-6-4-2/h37H,3-36H2,1-2H3,(H2,40,41,42)/t37-/m1/s1. The van der Waals surface area contributed by atoms with Gasteiger partial charge in [-0.3, -0.25) is 9.32 Å². The van der Waals surface area contributed by atoms with Gasteiger partial charge < -0.3 is 19.3 Å². The fourth-order valence-corrected chi connectivity index (χ4v) is 6.33. The van der Waals surface area contributed by atoms with Crippen LogP contribution in [0.3, 0.4) is 0 Å². The predicted octanol–water partition coefficient (Wildman–Crippen LogP) is 12.2. The Labute approximate surface area is 285 Å². The topological polar surface area (TPSA) is 102 Å². The van der Waals surface area contributed by atoms with E-state index in [1.807, 2.05) is 0 Å². The van der Waals surface area contributed by atoms with Crippen LogP contribution in [0, 0.1) is 0 Å². The van der Waals surface area contributed by atoms with E-state index in [0.29, 0.717) is 13.0 Å². The summed E-state index contributed by atoms with van der Waals surface area (Å²) < 4.78 is 26.9. The first-order chi connectivity index (χ1) is 22.4. The van der Waals surface area contributed by atoms with Crippen molar-refractivity contribution in [3.63, 3.8) is 0 Å². The fraction of sp³-hybridized carbons (Fsp3) is 0.974. The number of carbonyl (C=O) groups excluding carboxylic acids is 1. The van der Waals surface area contributed by atoms with E-state index in [1.54, 1.807) is 0 Å². The van der Waals surface area contributed by atoms with Gasteiger partial charge in [-0.2, -0.15) is 0 Å². The Morgan fingerprint density at radius 1 is 0.500 bits per heavy atom. The Kier molecular flexibility index (Phi) is 35.5. The van der Waals surface area contributed by atoms with Gasteiger partial charge in [0.2, 0.25) is 0 Å². The molecule has 0 spiro atoms. The van der Waals surface area contributed by atoms with Gasteiger partial charge in [0.05, 0.1) is 13.2 Å². The summed E-state index contributed by atoms with van der Waals surface area (Å²) in [6, 6.07) is 0. The largest absolute Gasteiger partial charge is 0.469 e. The van der Waals surface area contributed by atoms with Crippen LogP contribution in [0.25, 0.3) is 0 Å². The van der Waals surface area contributed by atoms with Gasteiger partial charge in [-0.25, -0.2) is 4.57 Å². The third kappa shape index (κ3) is 38.0. The van der Waals surface area contributed by atoms with Gasteiger partial charge in [0, 0.05) is 13.0 Å². The number of phosphoric acid groups is 1. The predicted molar refractivity (Wildman–Crippen MR) is 193 cm³/mol. The van der Waals surface area contributed by atoms with Crippen LogP contribution in [-0.4, -0.2) is 41.7 Å². The highest BCUT2D eigenvalue weighted by molar-refractivity contribution is 7.46. The lowest BCUT2D eigenvalue weighted by atomic mass is 10.0. The molecule has 0 rings (SSSR count). The maximum atomic E-state index is 12.4. The zero-order valence-corrected chi connectivity index (χ0v) is 31.4. The third-order valence-electron chi connectivity index (χ3n) is 8.91. The van der Waals surface area contributed by atoms with E-state index in [1.165, 1.54) is 161 Å². The second-order valence-corrected chi connectivity index (χ2v) is 14.9. The highest BCUT2D eigenvalue weighted by atomic mass is 31.2. The fourth-order valence-electron chi connectivity index (χ4n) is 5.97. The van der Waals surface area contributed by atoms with E-state index >= 15 is 0 Å². The Morgan fingerprint density at radius 2 is 0.826 bits per heavy atom. The minimum absolute atomic E-state index is 0.0865. The molecule has 0 aromatic heterocycles. The van der Waals surface area contributed by atoms with E-state index in [-0.39, 0.29) is 19.2 Å². The molecule has 0 fully saturated rings. The molecule has 0 amide bonds. The van der Waals surface area contributed by atoms with Crippen molar-refractivity contribution in [1.29, 1.82) is 0 Å². The van der Waals surface area contributed by atoms with Gasteiger partial charge in [-0.05, 0) is 12.8 Å². The van der Waals surface area contributed by atoms with E-state index in [9.17, 15) is 9.36 Å². The molecular formula is C38H77O7P. The van der Waals surface area contributed by atoms with Crippen LogP contribution in [0.2, 0.25) is 0 Å². The summed E-state index contributed by atoms with van der Waals surface area (Å²) in [5, 5.41) is 0. The van der Waals surface area contributed by atoms with Gasteiger partial charge in [-0.15, -0.1) is 0 Å². The molecule has 0 heterocycles. The minimum Gasteiger partial charge on any atom is -0.457 e. The van der Waals surface area contributed by atoms with Gasteiger partial charge in [0.1, 0.15) is 6.10 Å². The van der Waals surface area contributed by atoms with E-state index in [2.05, 4.69) is 18.4 Å². The van der Waals surface area contributed by atoms with Crippen LogP contribution in [0.5, 0.6) is 0 Å². The molecule has 1 atom stereocenters. The minimum atomic E-state index is -4.64. The number of hydrogen-bond donors (Lipinski definition) is 2. The molecule has 0 aromatic carbocycles. The number of esters is 1. The van der Waals surface area contributed by atoms with Crippen molar-refractivity contribution in [1.82, 2.24) is 0 Å². The lowest BCUT2D eigenvalue weighted by Crippen LogP contribution is -2.28. The molecule has 0 aliphatic rings. The van der Waals surface area contributed by atoms with Gasteiger partial charge in [0.15, 0.2) is 0 Å². The summed E-state index contributed by atoms with van der Waals surface area (Å²) >= 11 is 0. The zero-order chi connectivity index (χ0) is 33.8. The Balaban J connectivity index is 3.76. The molecule has 7 nitrogen and oxygen atoms in total. The lowest BCUT2D eigenvalue weighted by molar-refractivity contribution is -0.154. The van der Waals surface area contributed by atoms with Crippen LogP contribution in [0.4, 0.5) is 0 Å². The molecule has 0 saturated carbocycles. The summed E-state index contributed by atoms with van der Waals surface area (Å²) in [4.78, 5) is 30.5. The first-order valence-corrected chi connectivity index (χ1v) is 21.4. The summed E-state index contributed by atoms with van der Waals surface area (Å²) in [5.41, 5.74) is 0. The number of rotatable bonds is 38. The van der Waals surface area contributed by atoms with Crippen molar-refractivity contribution < 1.29 is 33.1 Å². The molecule has 2 N–H and O–H groups in total. The SMILES string of the molecule is CCCCCCCCCCCCCCCCCCC(=O)O[C@H](COCCCCCCCCCCCCCCCC)COP(=O)(O)O. The number of ether oxygens (including phenoxy) is 2. The lowest BCUT2D eigenvalue weighted by Gasteiger charge is -2.18. The smallest absolute Gasteiger partial charge is 0.457 e. The normalized spacial score (nSPS) is 12.5. The molecule has 0 radical (unpaired) electrons. The zero-order valence-electron chi connectivity index (χ0n) is 30.5. The van der Waals surface area contributed by atoms with Crippen LogP contribution in [0.15, 0.2) is 0 Å². The van der Waals surface area contributed by atoms with Gasteiger partial charge >= 0.3 is 13.8 Å². The monoisotopic (exact) mass is 677 g/mol. The average molecular weight is 677 g/mol. The number of carbonyl (C=O) groups is 1. The quantitative estimate of drug-likeness (QED) is 0.0381. The Morgan fingerprint density at radius 3 is 1.17 bits per heavy atom. The summed E-state index contributed by atoms with van der Waals surface area (Å²) in [7, 11) is -4.64. The van der Waals surface area contributed by atoms with Crippen molar-refractivity contribution in [2.75, 3.05) is 19.8 Å². The summed E-state index contributed by atoms with van der Waals surface area (Å²) in [6.07, 6.45) is 38.0. The van der Waals surface area contributed by atoms with Crippen molar-refractivity contribution in [3.8, 4) is 0 Å². The first kappa shape index (κ1) is 45.5. The molecule has 0 unspecified atom stereocenters. The molecule has 0 aromatic rings. The highest BCUT2D eigenvalue weighted by Crippen LogP contribution is 2.36. The van der Waals surface area contributed by atoms with Crippen molar-refractivity contribution >= 4 is 13.8 Å². The number of phosphoric ester groups is 1. The first-order valence-electron chi connectivity index (χ1n) is 19.9. The summed E-state index contributed by atoms with van der Waals surface area (Å²) in [6.45, 7) is 4.79. The maximum absolute atomic E-state index is 12.4. The van der Waals surface area contributed by atoms with Crippen LogP contribution < -0.4 is 0 Å². The van der Waals surface area contributed by atoms with E-state index in [4.69, 9.17) is 19.3 Å². The molecule has 276 valence electrons. The van der Waals surface area contributed by atoms with Crippen molar-refractivity contribution in [3.05, 3.63) is 0 Å². The van der Waals surface area contributed by atoms with Crippen LogP contribution in [0.1, 0.15) is 213 Å². The maximum Gasteiger partial charge on any atom is 0.469 e. The molecule has 0 aliphatic carbocycles. The van der Waals surface area contributed by atoms with E-state index < -0.39 is 13.9 Å². The van der Waals surface area contributed by atoms with Crippen LogP contribution in [-0.2, 0) is 23.4 Å². The molecule has 0 bridgehead atoms. The second kappa shape index (κ2) is 35.8. The second-order valence-electron chi connectivity index (χ2n) is 13.6. The highest BCUT2D eigenvalue weighted by Gasteiger charge is 2.21. The third-order valence-corrected chi connectivity index (χ3v) is 9.39. The summed E-state index contributed by atoms with van der Waals surface area (Å²) in [5.74, 6) is -0.357. The number of hydrogen-bond acceptors (Lipinski definition) is 5. The van der Waals surface area contributed by atoms with Gasteiger partial charge in [0.25, 0.3) is 0 Å². The molecule has 0 aliphatic heterocycles. The molecule has 8 heteroatoms. The molecular weight excluding hydrogens is 599 g/mol. The molecule has 46 heavy (non-hydrogen) atoms. The van der Waals surface area contributed by atoms with Crippen molar-refractivity contribution in [2.45, 2.75) is 219 Å². The Hall–Kier alpha value is -0.460. The average Bonchev–Trinajstić information content (AvgIpc) is 3.02. The van der Waals surface area contributed by atoms with Crippen LogP contribution >= 0.6 is 7.82 Å². The van der Waals surface area contributed by atoms with Gasteiger partial charge in [-0.1, -0.05) is 194 Å².